The van der Waals surface area contributed by atoms with Gasteiger partial charge in [-0.1, -0.05) is 18.5 Å². The summed E-state index contributed by atoms with van der Waals surface area (Å²) in [6.45, 7) is 2.17. The largest absolute Gasteiger partial charge is 0.334 e. The molecule has 0 aliphatic heterocycles. The molecule has 0 saturated heterocycles. The van der Waals surface area contributed by atoms with E-state index in [0.717, 1.165) is 12.8 Å². The maximum Gasteiger partial charge on any atom is 0.254 e. The van der Waals surface area contributed by atoms with Gasteiger partial charge in [-0.05, 0) is 43.7 Å². The molecule has 4 nitrogen and oxygen atoms in total. The summed E-state index contributed by atoms with van der Waals surface area (Å²) >= 11 is 5.68. The van der Waals surface area contributed by atoms with Crippen LogP contribution in [0.4, 0.5) is 0 Å². The predicted octanol–water partition coefficient (Wildman–Crippen LogP) is 2.94. The van der Waals surface area contributed by atoms with E-state index < -0.39 is 5.54 Å². The molecule has 1 fully saturated rings. The van der Waals surface area contributed by atoms with Crippen molar-refractivity contribution in [3.8, 4) is 6.07 Å². The molecule has 0 spiro atoms. The van der Waals surface area contributed by atoms with Gasteiger partial charge in [0.05, 0.1) is 11.6 Å². The Morgan fingerprint density at radius 1 is 1.53 bits per heavy atom. The minimum atomic E-state index is -0.733. The summed E-state index contributed by atoms with van der Waals surface area (Å²) in [6.07, 6.45) is 4.77. The number of nitrogens with one attached hydrogen (secondary N) is 1. The van der Waals surface area contributed by atoms with Gasteiger partial charge in [-0.2, -0.15) is 5.26 Å². The summed E-state index contributed by atoms with van der Waals surface area (Å²) in [6, 6.07) is 5.45. The van der Waals surface area contributed by atoms with Crippen molar-refractivity contribution >= 4 is 17.5 Å². The zero-order valence-electron chi connectivity index (χ0n) is 10.8. The smallest absolute Gasteiger partial charge is 0.254 e. The Balaban J connectivity index is 2.09. The van der Waals surface area contributed by atoms with Gasteiger partial charge in [-0.15, -0.1) is 0 Å². The Kier molecular flexibility index (Phi) is 4.06. The van der Waals surface area contributed by atoms with E-state index in [1.54, 1.807) is 12.1 Å². The fraction of sp³-hybridized carbons (Fsp3) is 0.500. The number of nitriles is 1. The summed E-state index contributed by atoms with van der Waals surface area (Å²) < 4.78 is 0. The maximum absolute atomic E-state index is 12.1. The number of aromatic nitrogens is 1. The van der Waals surface area contributed by atoms with Crippen molar-refractivity contribution in [3.63, 3.8) is 0 Å². The molecular weight excluding hydrogens is 262 g/mol. The van der Waals surface area contributed by atoms with Crippen molar-refractivity contribution in [1.82, 2.24) is 10.3 Å². The second kappa shape index (κ2) is 5.58. The lowest BCUT2D eigenvalue weighted by molar-refractivity contribution is 0.0893. The lowest BCUT2D eigenvalue weighted by atomic mass is 9.78. The van der Waals surface area contributed by atoms with Crippen LogP contribution in [-0.2, 0) is 0 Å². The van der Waals surface area contributed by atoms with E-state index in [1.165, 1.54) is 6.20 Å². The van der Waals surface area contributed by atoms with Crippen molar-refractivity contribution in [2.45, 2.75) is 38.1 Å². The van der Waals surface area contributed by atoms with Gasteiger partial charge in [0.25, 0.3) is 5.91 Å². The minimum absolute atomic E-state index is 0.264. The summed E-state index contributed by atoms with van der Waals surface area (Å²) in [5, 5.41) is 12.6. The van der Waals surface area contributed by atoms with Crippen LogP contribution in [0.1, 0.15) is 43.0 Å². The molecule has 1 saturated carbocycles. The summed E-state index contributed by atoms with van der Waals surface area (Å²) in [5.41, 5.74) is -0.305. The highest BCUT2D eigenvalue weighted by Crippen LogP contribution is 2.31. The molecule has 0 radical (unpaired) electrons. The van der Waals surface area contributed by atoms with Crippen LogP contribution in [0.15, 0.2) is 18.3 Å². The number of carbonyl (C=O) groups is 1. The van der Waals surface area contributed by atoms with Gasteiger partial charge in [0, 0.05) is 6.20 Å². The second-order valence-corrected chi connectivity index (χ2v) is 5.59. The summed E-state index contributed by atoms with van der Waals surface area (Å²) in [5.74, 6) is 0.357. The third-order valence-corrected chi connectivity index (χ3v) is 3.91. The van der Waals surface area contributed by atoms with E-state index in [2.05, 4.69) is 23.3 Å². The first-order valence-electron chi connectivity index (χ1n) is 6.40. The highest BCUT2D eigenvalue weighted by Gasteiger charge is 2.35. The molecule has 1 N–H and O–H groups in total. The Labute approximate surface area is 117 Å². The van der Waals surface area contributed by atoms with Crippen LogP contribution in [0.5, 0.6) is 0 Å². The number of halogens is 1. The van der Waals surface area contributed by atoms with Crippen LogP contribution < -0.4 is 5.32 Å². The Morgan fingerprint density at radius 2 is 2.21 bits per heavy atom. The number of rotatable bonds is 2. The highest BCUT2D eigenvalue weighted by atomic mass is 35.5. The first kappa shape index (κ1) is 13.8. The zero-order chi connectivity index (χ0) is 13.9. The molecule has 5 heteroatoms. The Bertz CT molecular complexity index is 498. The lowest BCUT2D eigenvalue weighted by Crippen LogP contribution is -2.49. The van der Waals surface area contributed by atoms with Crippen molar-refractivity contribution in [2.24, 2.45) is 5.92 Å². The van der Waals surface area contributed by atoms with Gasteiger partial charge in [0.1, 0.15) is 10.7 Å². The van der Waals surface area contributed by atoms with E-state index in [4.69, 9.17) is 11.6 Å². The lowest BCUT2D eigenvalue weighted by Gasteiger charge is -2.34. The molecular formula is C14H16ClN3O. The van der Waals surface area contributed by atoms with E-state index in [9.17, 15) is 10.1 Å². The van der Waals surface area contributed by atoms with Crippen LogP contribution in [0.3, 0.4) is 0 Å². The van der Waals surface area contributed by atoms with E-state index in [0.29, 0.717) is 29.5 Å². The molecule has 1 amide bonds. The van der Waals surface area contributed by atoms with Gasteiger partial charge in [-0.3, -0.25) is 4.79 Å². The standard InChI is InChI=1S/C14H16ClN3O/c1-10-4-6-14(9-16,7-5-10)18-13(19)11-2-3-12(15)17-8-11/h2-3,8,10H,4-7H2,1H3,(H,18,19). The molecule has 1 aliphatic carbocycles. The monoisotopic (exact) mass is 277 g/mol. The minimum Gasteiger partial charge on any atom is -0.334 e. The quantitative estimate of drug-likeness (QED) is 0.845. The molecule has 2 rings (SSSR count). The number of nitrogens with zero attached hydrogens (tertiary/aromatic N) is 2. The molecule has 0 unspecified atom stereocenters. The average molecular weight is 278 g/mol. The number of hydrogen-bond donors (Lipinski definition) is 1. The Morgan fingerprint density at radius 3 is 2.74 bits per heavy atom. The van der Waals surface area contributed by atoms with Crippen molar-refractivity contribution in [3.05, 3.63) is 29.0 Å². The van der Waals surface area contributed by atoms with Crippen molar-refractivity contribution in [1.29, 1.82) is 5.26 Å². The number of pyridine rings is 1. The molecule has 1 aliphatic rings. The zero-order valence-corrected chi connectivity index (χ0v) is 11.6. The third-order valence-electron chi connectivity index (χ3n) is 3.68. The molecule has 100 valence electrons. The second-order valence-electron chi connectivity index (χ2n) is 5.20. The molecule has 1 heterocycles. The van der Waals surface area contributed by atoms with Gasteiger partial charge in [-0.25, -0.2) is 4.98 Å². The normalized spacial score (nSPS) is 26.5. The van der Waals surface area contributed by atoms with Gasteiger partial charge >= 0.3 is 0 Å². The Hall–Kier alpha value is -1.60. The first-order valence-corrected chi connectivity index (χ1v) is 6.78. The van der Waals surface area contributed by atoms with Gasteiger partial charge in [0.2, 0.25) is 0 Å². The SMILES string of the molecule is CC1CCC(C#N)(NC(=O)c2ccc(Cl)nc2)CC1. The number of carbonyl (C=O) groups excluding carboxylic acids is 1. The van der Waals surface area contributed by atoms with Crippen LogP contribution >= 0.6 is 11.6 Å². The number of amides is 1. The molecule has 0 aromatic carbocycles. The molecule has 0 atom stereocenters. The van der Waals surface area contributed by atoms with Crippen LogP contribution in [-0.4, -0.2) is 16.4 Å². The van der Waals surface area contributed by atoms with Crippen molar-refractivity contribution < 1.29 is 4.79 Å². The van der Waals surface area contributed by atoms with Crippen molar-refractivity contribution in [2.75, 3.05) is 0 Å². The van der Waals surface area contributed by atoms with Gasteiger partial charge < -0.3 is 5.32 Å². The van der Waals surface area contributed by atoms with Crippen LogP contribution in [0.2, 0.25) is 5.15 Å². The predicted molar refractivity (Wildman–Crippen MR) is 72.7 cm³/mol. The third kappa shape index (κ3) is 3.24. The maximum atomic E-state index is 12.1. The fourth-order valence-electron chi connectivity index (χ4n) is 2.32. The molecule has 0 bridgehead atoms. The van der Waals surface area contributed by atoms with Crippen LogP contribution in [0, 0.1) is 17.2 Å². The summed E-state index contributed by atoms with van der Waals surface area (Å²) in [7, 11) is 0. The number of hydrogen-bond acceptors (Lipinski definition) is 3. The molecule has 1 aromatic heterocycles. The molecule has 1 aromatic rings. The average Bonchev–Trinajstić information content (AvgIpc) is 2.42. The van der Waals surface area contributed by atoms with Gasteiger partial charge in [0.15, 0.2) is 0 Å². The fourth-order valence-corrected chi connectivity index (χ4v) is 2.43. The van der Waals surface area contributed by atoms with Crippen LogP contribution in [0.25, 0.3) is 0 Å². The van der Waals surface area contributed by atoms with E-state index >= 15 is 0 Å². The topological polar surface area (TPSA) is 65.8 Å². The van der Waals surface area contributed by atoms with E-state index in [1.807, 2.05) is 0 Å². The van der Waals surface area contributed by atoms with E-state index in [-0.39, 0.29) is 5.91 Å². The molecule has 19 heavy (non-hydrogen) atoms. The highest BCUT2D eigenvalue weighted by molar-refractivity contribution is 6.29. The summed E-state index contributed by atoms with van der Waals surface area (Å²) in [4.78, 5) is 16.0. The first-order chi connectivity index (χ1) is 9.04.